The molecular formula is C13H15F2N3. The Morgan fingerprint density at radius 3 is 2.78 bits per heavy atom. The van der Waals surface area contributed by atoms with Crippen molar-refractivity contribution in [2.45, 2.75) is 26.9 Å². The monoisotopic (exact) mass is 251 g/mol. The Hall–Kier alpha value is -1.91. The molecule has 0 aliphatic carbocycles. The number of aromatic nitrogens is 2. The average molecular weight is 251 g/mol. The van der Waals surface area contributed by atoms with Gasteiger partial charge in [0.1, 0.15) is 11.5 Å². The number of hydrogen-bond acceptors (Lipinski definition) is 2. The Bertz CT molecular complexity index is 549. The maximum absolute atomic E-state index is 13.7. The van der Waals surface area contributed by atoms with E-state index in [0.29, 0.717) is 12.1 Å². The number of hydrogen-bond donors (Lipinski definition) is 1. The van der Waals surface area contributed by atoms with Gasteiger partial charge in [0.05, 0.1) is 6.20 Å². The molecular weight excluding hydrogens is 236 g/mol. The topological polar surface area (TPSA) is 29.9 Å². The Labute approximate surface area is 104 Å². The summed E-state index contributed by atoms with van der Waals surface area (Å²) < 4.78 is 29.0. The lowest BCUT2D eigenvalue weighted by Gasteiger charge is -2.09. The second kappa shape index (κ2) is 5.16. The average Bonchev–Trinajstić information content (AvgIpc) is 2.82. The molecule has 0 saturated carbocycles. The maximum Gasteiger partial charge on any atom is 0.152 e. The van der Waals surface area contributed by atoms with E-state index in [-0.39, 0.29) is 5.69 Å². The van der Waals surface area contributed by atoms with Crippen molar-refractivity contribution in [3.8, 4) is 0 Å². The molecule has 0 atom stereocenters. The van der Waals surface area contributed by atoms with Crippen LogP contribution >= 0.6 is 0 Å². The highest BCUT2D eigenvalue weighted by Crippen LogP contribution is 2.22. The minimum Gasteiger partial charge on any atom is -0.376 e. The maximum atomic E-state index is 13.7. The molecule has 0 aliphatic rings. The third-order valence-corrected chi connectivity index (χ3v) is 2.76. The van der Waals surface area contributed by atoms with Gasteiger partial charge in [-0.3, -0.25) is 4.68 Å². The Kier molecular flexibility index (Phi) is 3.60. The lowest BCUT2D eigenvalue weighted by atomic mass is 10.2. The molecule has 96 valence electrons. The Morgan fingerprint density at radius 2 is 2.11 bits per heavy atom. The van der Waals surface area contributed by atoms with Crippen molar-refractivity contribution >= 4 is 5.69 Å². The zero-order valence-electron chi connectivity index (χ0n) is 10.4. The molecule has 1 heterocycles. The van der Waals surface area contributed by atoms with Crippen molar-refractivity contribution in [2.75, 3.05) is 5.32 Å². The van der Waals surface area contributed by atoms with E-state index in [4.69, 9.17) is 0 Å². The van der Waals surface area contributed by atoms with E-state index in [1.54, 1.807) is 17.8 Å². The number of anilines is 1. The van der Waals surface area contributed by atoms with Crippen LogP contribution in [-0.2, 0) is 13.1 Å². The molecule has 0 fully saturated rings. The summed E-state index contributed by atoms with van der Waals surface area (Å²) in [6.07, 6.45) is 3.53. The minimum atomic E-state index is -0.582. The highest BCUT2D eigenvalue weighted by Gasteiger charge is 2.11. The standard InChI is InChI=1S/C13H15F2N3/c1-3-18-8-10(7-17-18)6-16-13-11(14)5-4-9(2)12(13)15/h4-5,7-8,16H,3,6H2,1-2H3. The summed E-state index contributed by atoms with van der Waals surface area (Å²) in [6.45, 7) is 4.70. The van der Waals surface area contributed by atoms with Crippen LogP contribution in [0.5, 0.6) is 0 Å². The molecule has 2 rings (SSSR count). The van der Waals surface area contributed by atoms with Gasteiger partial charge in [0.2, 0.25) is 0 Å². The number of halogens is 2. The van der Waals surface area contributed by atoms with Crippen molar-refractivity contribution in [1.29, 1.82) is 0 Å². The van der Waals surface area contributed by atoms with Gasteiger partial charge >= 0.3 is 0 Å². The molecule has 0 radical (unpaired) electrons. The van der Waals surface area contributed by atoms with Gasteiger partial charge in [0.15, 0.2) is 5.82 Å². The van der Waals surface area contributed by atoms with Gasteiger partial charge in [0.25, 0.3) is 0 Å². The van der Waals surface area contributed by atoms with E-state index < -0.39 is 11.6 Å². The van der Waals surface area contributed by atoms with Crippen LogP contribution in [0.15, 0.2) is 24.5 Å². The fourth-order valence-electron chi connectivity index (χ4n) is 1.68. The molecule has 5 heteroatoms. The third kappa shape index (κ3) is 2.50. The smallest absolute Gasteiger partial charge is 0.152 e. The second-order valence-corrected chi connectivity index (χ2v) is 4.11. The summed E-state index contributed by atoms with van der Waals surface area (Å²) in [5, 5.41) is 6.87. The van der Waals surface area contributed by atoms with Gasteiger partial charge < -0.3 is 5.32 Å². The van der Waals surface area contributed by atoms with Gasteiger partial charge in [-0.1, -0.05) is 6.07 Å². The van der Waals surface area contributed by atoms with Gasteiger partial charge in [-0.25, -0.2) is 8.78 Å². The van der Waals surface area contributed by atoms with E-state index in [1.165, 1.54) is 12.1 Å². The van der Waals surface area contributed by atoms with E-state index >= 15 is 0 Å². The number of aryl methyl sites for hydroxylation is 2. The first-order chi connectivity index (χ1) is 8.61. The van der Waals surface area contributed by atoms with Gasteiger partial charge in [-0.2, -0.15) is 5.10 Å². The van der Waals surface area contributed by atoms with Crippen molar-refractivity contribution in [1.82, 2.24) is 9.78 Å². The predicted molar refractivity (Wildman–Crippen MR) is 66.3 cm³/mol. The van der Waals surface area contributed by atoms with Crippen LogP contribution in [0.3, 0.4) is 0 Å². The first-order valence-corrected chi connectivity index (χ1v) is 5.81. The number of nitrogens with zero attached hydrogens (tertiary/aromatic N) is 2. The zero-order chi connectivity index (χ0) is 13.1. The van der Waals surface area contributed by atoms with E-state index in [9.17, 15) is 8.78 Å². The van der Waals surface area contributed by atoms with Crippen molar-refractivity contribution in [3.05, 3.63) is 47.3 Å². The lowest BCUT2D eigenvalue weighted by molar-refractivity contribution is 0.582. The van der Waals surface area contributed by atoms with Crippen LogP contribution in [0.1, 0.15) is 18.1 Å². The van der Waals surface area contributed by atoms with E-state index in [0.717, 1.165) is 12.1 Å². The summed E-state index contributed by atoms with van der Waals surface area (Å²) >= 11 is 0. The van der Waals surface area contributed by atoms with E-state index in [2.05, 4.69) is 10.4 Å². The van der Waals surface area contributed by atoms with E-state index in [1.807, 2.05) is 13.1 Å². The summed E-state index contributed by atoms with van der Waals surface area (Å²) in [5.74, 6) is -1.13. The van der Waals surface area contributed by atoms with Crippen molar-refractivity contribution in [3.63, 3.8) is 0 Å². The van der Waals surface area contributed by atoms with Crippen LogP contribution in [-0.4, -0.2) is 9.78 Å². The number of nitrogens with one attached hydrogen (secondary N) is 1. The first kappa shape index (κ1) is 12.5. The fraction of sp³-hybridized carbons (Fsp3) is 0.308. The fourth-order valence-corrected chi connectivity index (χ4v) is 1.68. The second-order valence-electron chi connectivity index (χ2n) is 4.11. The number of benzene rings is 1. The van der Waals surface area contributed by atoms with Crippen LogP contribution < -0.4 is 5.32 Å². The summed E-state index contributed by atoms with van der Waals surface area (Å²) in [4.78, 5) is 0. The molecule has 1 aromatic carbocycles. The van der Waals surface area contributed by atoms with Crippen LogP contribution in [0.4, 0.5) is 14.5 Å². The summed E-state index contributed by atoms with van der Waals surface area (Å²) in [6, 6.07) is 2.68. The highest BCUT2D eigenvalue weighted by molar-refractivity contribution is 5.49. The predicted octanol–water partition coefficient (Wildman–Crippen LogP) is 3.10. The summed E-state index contributed by atoms with van der Waals surface area (Å²) in [5.41, 5.74) is 1.22. The molecule has 2 aromatic rings. The normalized spacial score (nSPS) is 10.7. The third-order valence-electron chi connectivity index (χ3n) is 2.76. The van der Waals surface area contributed by atoms with Gasteiger partial charge in [-0.15, -0.1) is 0 Å². The number of rotatable bonds is 4. The molecule has 3 nitrogen and oxygen atoms in total. The van der Waals surface area contributed by atoms with Gasteiger partial charge in [0, 0.05) is 24.8 Å². The van der Waals surface area contributed by atoms with Crippen LogP contribution in [0.25, 0.3) is 0 Å². The SMILES string of the molecule is CCn1cc(CNc2c(F)ccc(C)c2F)cn1. The van der Waals surface area contributed by atoms with Crippen LogP contribution in [0.2, 0.25) is 0 Å². The molecule has 0 saturated heterocycles. The van der Waals surface area contributed by atoms with Crippen molar-refractivity contribution < 1.29 is 8.78 Å². The Morgan fingerprint density at radius 1 is 1.33 bits per heavy atom. The molecule has 0 spiro atoms. The Balaban J connectivity index is 2.12. The first-order valence-electron chi connectivity index (χ1n) is 5.81. The largest absolute Gasteiger partial charge is 0.376 e. The molecule has 0 unspecified atom stereocenters. The quantitative estimate of drug-likeness (QED) is 0.904. The van der Waals surface area contributed by atoms with Crippen LogP contribution in [0, 0.1) is 18.6 Å². The molecule has 0 bridgehead atoms. The molecule has 0 aliphatic heterocycles. The minimum absolute atomic E-state index is 0.0840. The summed E-state index contributed by atoms with van der Waals surface area (Å²) in [7, 11) is 0. The molecule has 18 heavy (non-hydrogen) atoms. The molecule has 0 amide bonds. The molecule has 1 aromatic heterocycles. The van der Waals surface area contributed by atoms with Crippen molar-refractivity contribution in [2.24, 2.45) is 0 Å². The lowest BCUT2D eigenvalue weighted by Crippen LogP contribution is -2.04. The zero-order valence-corrected chi connectivity index (χ0v) is 10.4. The molecule has 1 N–H and O–H groups in total. The van der Waals surface area contributed by atoms with Gasteiger partial charge in [-0.05, 0) is 25.5 Å². The highest BCUT2D eigenvalue weighted by atomic mass is 19.1.